The van der Waals surface area contributed by atoms with Crippen LogP contribution in [-0.2, 0) is 6.54 Å². The lowest BCUT2D eigenvalue weighted by molar-refractivity contribution is 0.388. The van der Waals surface area contributed by atoms with Crippen molar-refractivity contribution in [2.45, 2.75) is 20.4 Å². The SMILES string of the molecule is CCNc1cc(NCc2noc(C)n2)ncn1. The zero-order valence-electron chi connectivity index (χ0n) is 9.77. The van der Waals surface area contributed by atoms with Crippen LogP contribution in [0.4, 0.5) is 11.6 Å². The second-order valence-corrected chi connectivity index (χ2v) is 3.40. The molecule has 2 N–H and O–H groups in total. The molecule has 7 nitrogen and oxygen atoms in total. The molecule has 2 heterocycles. The van der Waals surface area contributed by atoms with Gasteiger partial charge in [0.2, 0.25) is 5.89 Å². The third-order valence-electron chi connectivity index (χ3n) is 2.02. The summed E-state index contributed by atoms with van der Waals surface area (Å²) in [6, 6.07) is 1.83. The highest BCUT2D eigenvalue weighted by molar-refractivity contribution is 5.46. The maximum absolute atomic E-state index is 4.87. The Bertz CT molecular complexity index is 483. The smallest absolute Gasteiger partial charge is 0.223 e. The molecule has 0 fully saturated rings. The quantitative estimate of drug-likeness (QED) is 0.803. The Kier molecular flexibility index (Phi) is 3.49. The molecule has 0 saturated carbocycles. The summed E-state index contributed by atoms with van der Waals surface area (Å²) in [5, 5.41) is 9.99. The van der Waals surface area contributed by atoms with Gasteiger partial charge in [-0.1, -0.05) is 5.16 Å². The van der Waals surface area contributed by atoms with Gasteiger partial charge in [-0.2, -0.15) is 4.98 Å². The molecule has 0 amide bonds. The number of nitrogens with one attached hydrogen (secondary N) is 2. The van der Waals surface area contributed by atoms with Gasteiger partial charge in [0.15, 0.2) is 5.82 Å². The molecule has 7 heteroatoms. The maximum atomic E-state index is 4.87. The molecule has 0 saturated heterocycles. The van der Waals surface area contributed by atoms with Crippen molar-refractivity contribution in [3.05, 3.63) is 24.1 Å². The molecular weight excluding hydrogens is 220 g/mol. The fourth-order valence-electron chi connectivity index (χ4n) is 1.31. The maximum Gasteiger partial charge on any atom is 0.223 e. The molecule has 90 valence electrons. The highest BCUT2D eigenvalue weighted by Crippen LogP contribution is 2.09. The molecule has 0 aliphatic rings. The summed E-state index contributed by atoms with van der Waals surface area (Å²) in [6.45, 7) is 5.06. The summed E-state index contributed by atoms with van der Waals surface area (Å²) in [4.78, 5) is 12.3. The van der Waals surface area contributed by atoms with E-state index in [-0.39, 0.29) is 0 Å². The van der Waals surface area contributed by atoms with E-state index in [1.165, 1.54) is 6.33 Å². The minimum Gasteiger partial charge on any atom is -0.370 e. The van der Waals surface area contributed by atoms with Crippen LogP contribution in [0.2, 0.25) is 0 Å². The number of aryl methyl sites for hydroxylation is 1. The average molecular weight is 234 g/mol. The number of anilines is 2. The summed E-state index contributed by atoms with van der Waals surface area (Å²) in [5.41, 5.74) is 0. The monoisotopic (exact) mass is 234 g/mol. The topological polar surface area (TPSA) is 88.8 Å². The highest BCUT2D eigenvalue weighted by atomic mass is 16.5. The van der Waals surface area contributed by atoms with Crippen molar-refractivity contribution in [1.29, 1.82) is 0 Å². The van der Waals surface area contributed by atoms with E-state index in [1.807, 2.05) is 13.0 Å². The van der Waals surface area contributed by atoms with Crippen molar-refractivity contribution < 1.29 is 4.52 Å². The first-order valence-corrected chi connectivity index (χ1v) is 5.37. The first-order valence-electron chi connectivity index (χ1n) is 5.37. The van der Waals surface area contributed by atoms with E-state index in [0.29, 0.717) is 18.3 Å². The van der Waals surface area contributed by atoms with Crippen molar-refractivity contribution in [3.8, 4) is 0 Å². The summed E-state index contributed by atoms with van der Waals surface area (Å²) in [7, 11) is 0. The first kappa shape index (κ1) is 11.3. The van der Waals surface area contributed by atoms with Crippen LogP contribution in [-0.4, -0.2) is 26.7 Å². The first-order chi connectivity index (χ1) is 8.28. The molecule has 0 aromatic carbocycles. The van der Waals surface area contributed by atoms with Crippen LogP contribution in [0.1, 0.15) is 18.6 Å². The normalized spacial score (nSPS) is 10.2. The molecule has 0 aliphatic carbocycles. The predicted molar refractivity (Wildman–Crippen MR) is 62.6 cm³/mol. The van der Waals surface area contributed by atoms with Crippen molar-refractivity contribution >= 4 is 11.6 Å². The molecule has 2 aromatic heterocycles. The summed E-state index contributed by atoms with van der Waals surface area (Å²) in [6.07, 6.45) is 1.50. The van der Waals surface area contributed by atoms with E-state index in [4.69, 9.17) is 4.52 Å². The molecule has 0 aliphatic heterocycles. The average Bonchev–Trinajstić information content (AvgIpc) is 2.74. The van der Waals surface area contributed by atoms with Gasteiger partial charge >= 0.3 is 0 Å². The Balaban J connectivity index is 1.96. The minimum absolute atomic E-state index is 0.472. The number of rotatable bonds is 5. The zero-order valence-corrected chi connectivity index (χ0v) is 9.77. The van der Waals surface area contributed by atoms with Gasteiger partial charge in [-0.15, -0.1) is 0 Å². The molecule has 2 aromatic rings. The van der Waals surface area contributed by atoms with Crippen molar-refractivity contribution in [3.63, 3.8) is 0 Å². The zero-order chi connectivity index (χ0) is 12.1. The van der Waals surface area contributed by atoms with Crippen LogP contribution in [0.5, 0.6) is 0 Å². The van der Waals surface area contributed by atoms with Crippen LogP contribution in [0.3, 0.4) is 0 Å². The second-order valence-electron chi connectivity index (χ2n) is 3.40. The van der Waals surface area contributed by atoms with Crippen LogP contribution in [0.25, 0.3) is 0 Å². The van der Waals surface area contributed by atoms with Crippen molar-refractivity contribution in [2.75, 3.05) is 17.2 Å². The van der Waals surface area contributed by atoms with E-state index in [2.05, 4.69) is 30.7 Å². The van der Waals surface area contributed by atoms with Gasteiger partial charge in [-0.05, 0) is 6.92 Å². The molecule has 0 spiro atoms. The standard InChI is InChI=1S/C10H14N6O/c1-3-11-8-4-9(14-6-13-8)12-5-10-15-7(2)17-16-10/h4,6H,3,5H2,1-2H3,(H2,11,12,13,14). The van der Waals surface area contributed by atoms with Crippen LogP contribution < -0.4 is 10.6 Å². The minimum atomic E-state index is 0.472. The fourth-order valence-corrected chi connectivity index (χ4v) is 1.31. The Labute approximate surface area is 98.7 Å². The molecule has 0 unspecified atom stereocenters. The van der Waals surface area contributed by atoms with E-state index < -0.39 is 0 Å². The summed E-state index contributed by atoms with van der Waals surface area (Å²) >= 11 is 0. The summed E-state index contributed by atoms with van der Waals surface area (Å²) in [5.74, 6) is 2.66. The summed E-state index contributed by atoms with van der Waals surface area (Å²) < 4.78 is 4.87. The van der Waals surface area contributed by atoms with E-state index in [0.717, 1.165) is 18.2 Å². The lowest BCUT2D eigenvalue weighted by Crippen LogP contribution is -2.05. The Morgan fingerprint density at radius 2 is 2.00 bits per heavy atom. The third-order valence-corrected chi connectivity index (χ3v) is 2.02. The fraction of sp³-hybridized carbons (Fsp3) is 0.400. The number of aromatic nitrogens is 4. The Morgan fingerprint density at radius 1 is 1.24 bits per heavy atom. The lowest BCUT2D eigenvalue weighted by atomic mass is 10.5. The van der Waals surface area contributed by atoms with Gasteiger partial charge in [0.1, 0.15) is 18.0 Å². The van der Waals surface area contributed by atoms with E-state index in [9.17, 15) is 0 Å². The number of nitrogens with zero attached hydrogens (tertiary/aromatic N) is 4. The Morgan fingerprint density at radius 3 is 2.65 bits per heavy atom. The van der Waals surface area contributed by atoms with Crippen molar-refractivity contribution in [1.82, 2.24) is 20.1 Å². The lowest BCUT2D eigenvalue weighted by Gasteiger charge is -2.05. The van der Waals surface area contributed by atoms with Gasteiger partial charge in [0.05, 0.1) is 6.54 Å². The van der Waals surface area contributed by atoms with Gasteiger partial charge in [0, 0.05) is 19.5 Å². The molecule has 2 rings (SSSR count). The van der Waals surface area contributed by atoms with Crippen LogP contribution >= 0.6 is 0 Å². The van der Waals surface area contributed by atoms with Crippen LogP contribution in [0, 0.1) is 6.92 Å². The molecule has 0 radical (unpaired) electrons. The largest absolute Gasteiger partial charge is 0.370 e. The van der Waals surface area contributed by atoms with Gasteiger partial charge < -0.3 is 15.2 Å². The van der Waals surface area contributed by atoms with E-state index >= 15 is 0 Å². The predicted octanol–water partition coefficient (Wildman–Crippen LogP) is 1.21. The highest BCUT2D eigenvalue weighted by Gasteiger charge is 2.02. The number of hydrogen-bond donors (Lipinski definition) is 2. The van der Waals surface area contributed by atoms with Gasteiger partial charge in [0.25, 0.3) is 0 Å². The van der Waals surface area contributed by atoms with E-state index in [1.54, 1.807) is 6.92 Å². The van der Waals surface area contributed by atoms with Crippen LogP contribution in [0.15, 0.2) is 16.9 Å². The molecular formula is C10H14N6O. The Hall–Kier alpha value is -2.18. The number of hydrogen-bond acceptors (Lipinski definition) is 7. The van der Waals surface area contributed by atoms with Gasteiger partial charge in [-0.25, -0.2) is 9.97 Å². The van der Waals surface area contributed by atoms with Gasteiger partial charge in [-0.3, -0.25) is 0 Å². The third kappa shape index (κ3) is 3.13. The molecule has 17 heavy (non-hydrogen) atoms. The molecule has 0 bridgehead atoms. The second kappa shape index (κ2) is 5.24. The molecule has 0 atom stereocenters. The van der Waals surface area contributed by atoms with Crippen molar-refractivity contribution in [2.24, 2.45) is 0 Å².